The minimum atomic E-state index is -0.282. The van der Waals surface area contributed by atoms with Gasteiger partial charge in [0.2, 0.25) is 0 Å². The quantitative estimate of drug-likeness (QED) is 0.835. The van der Waals surface area contributed by atoms with E-state index in [1.807, 2.05) is 38.2 Å². The van der Waals surface area contributed by atoms with E-state index in [0.29, 0.717) is 17.8 Å². The van der Waals surface area contributed by atoms with Crippen molar-refractivity contribution in [2.45, 2.75) is 32.4 Å². The first-order chi connectivity index (χ1) is 9.58. The molecule has 21 heavy (non-hydrogen) atoms. The molecular weight excluding hydrogens is 358 g/mol. The summed E-state index contributed by atoms with van der Waals surface area (Å²) in [6, 6.07) is 7.96. The smallest absolute Gasteiger partial charge is 0.267 e. The summed E-state index contributed by atoms with van der Waals surface area (Å²) in [4.78, 5) is 4.36. The molecule has 0 aliphatic rings. The van der Waals surface area contributed by atoms with Crippen LogP contribution in [-0.4, -0.2) is 23.2 Å². The van der Waals surface area contributed by atoms with E-state index in [1.165, 1.54) is 0 Å². The summed E-state index contributed by atoms with van der Waals surface area (Å²) in [5.74, 6) is 1.94. The molecule has 0 aliphatic heterocycles. The average Bonchev–Trinajstić information content (AvgIpc) is 2.87. The normalized spacial score (nSPS) is 13.3. The minimum absolute atomic E-state index is 0. The van der Waals surface area contributed by atoms with Gasteiger partial charge >= 0.3 is 0 Å². The fraction of sp³-hybridized carbons (Fsp3) is 0.429. The van der Waals surface area contributed by atoms with Crippen LogP contribution in [0, 0.1) is 0 Å². The van der Waals surface area contributed by atoms with Crippen LogP contribution in [0.5, 0.6) is 5.75 Å². The van der Waals surface area contributed by atoms with E-state index in [9.17, 15) is 0 Å². The highest BCUT2D eigenvalue weighted by Crippen LogP contribution is 2.23. The Balaban J connectivity index is 0.00000220. The number of hydrogen-bond acceptors (Lipinski definition) is 5. The van der Waals surface area contributed by atoms with Gasteiger partial charge in [0.05, 0.1) is 0 Å². The third-order valence-electron chi connectivity index (χ3n) is 2.92. The molecule has 1 aromatic carbocycles. The summed E-state index contributed by atoms with van der Waals surface area (Å²) in [5.41, 5.74) is 0. The van der Waals surface area contributed by atoms with Crippen LogP contribution in [0.15, 0.2) is 33.3 Å². The van der Waals surface area contributed by atoms with Crippen LogP contribution in [0.25, 0.3) is 0 Å². The van der Waals surface area contributed by atoms with E-state index in [0.717, 1.165) is 16.6 Å². The molecule has 0 radical (unpaired) electrons. The van der Waals surface area contributed by atoms with E-state index in [-0.39, 0.29) is 18.5 Å². The van der Waals surface area contributed by atoms with Gasteiger partial charge in [-0.2, -0.15) is 4.98 Å². The zero-order valence-electron chi connectivity index (χ0n) is 12.2. The van der Waals surface area contributed by atoms with E-state index >= 15 is 0 Å². The number of rotatable bonds is 6. The van der Waals surface area contributed by atoms with Crippen LogP contribution in [-0.2, 0) is 6.42 Å². The predicted molar refractivity (Wildman–Crippen MR) is 87.0 cm³/mol. The minimum Gasteiger partial charge on any atom is -0.481 e. The zero-order chi connectivity index (χ0) is 14.5. The lowest BCUT2D eigenvalue weighted by atomic mass is 10.2. The van der Waals surface area contributed by atoms with Crippen LogP contribution < -0.4 is 10.1 Å². The van der Waals surface area contributed by atoms with Gasteiger partial charge < -0.3 is 14.6 Å². The first-order valence-electron chi connectivity index (χ1n) is 6.50. The second-order valence-corrected chi connectivity index (χ2v) is 5.58. The van der Waals surface area contributed by atoms with Gasteiger partial charge in [-0.1, -0.05) is 27.2 Å². The van der Waals surface area contributed by atoms with Crippen LogP contribution in [0.2, 0.25) is 0 Å². The SMILES string of the molecule is CNC(C)Cc1noc(C(C)Oc2cccc(Br)c2)n1.Cl. The summed E-state index contributed by atoms with van der Waals surface area (Å²) in [6.45, 7) is 3.96. The van der Waals surface area contributed by atoms with E-state index in [4.69, 9.17) is 9.26 Å². The standard InChI is InChI=1S/C14H18BrN3O2.ClH/c1-9(16-3)7-13-17-14(20-18-13)10(2)19-12-6-4-5-11(15)8-12;/h4-6,8-10,16H,7H2,1-3H3;1H. The van der Waals surface area contributed by atoms with Crippen molar-refractivity contribution in [3.8, 4) is 5.75 Å². The van der Waals surface area contributed by atoms with Crippen molar-refractivity contribution >= 4 is 28.3 Å². The van der Waals surface area contributed by atoms with Gasteiger partial charge in [0.1, 0.15) is 5.75 Å². The van der Waals surface area contributed by atoms with Crippen LogP contribution in [0.4, 0.5) is 0 Å². The van der Waals surface area contributed by atoms with Gasteiger partial charge in [0.15, 0.2) is 11.9 Å². The lowest BCUT2D eigenvalue weighted by molar-refractivity contribution is 0.175. The molecule has 2 atom stereocenters. The zero-order valence-corrected chi connectivity index (χ0v) is 14.6. The molecule has 2 rings (SSSR count). The summed E-state index contributed by atoms with van der Waals surface area (Å²) in [7, 11) is 1.91. The monoisotopic (exact) mass is 375 g/mol. The number of halogens is 2. The van der Waals surface area contributed by atoms with Gasteiger partial charge in [-0.15, -0.1) is 12.4 Å². The lowest BCUT2D eigenvalue weighted by Gasteiger charge is -2.10. The molecule has 5 nitrogen and oxygen atoms in total. The van der Waals surface area contributed by atoms with Gasteiger partial charge in [-0.25, -0.2) is 0 Å². The maximum atomic E-state index is 5.78. The summed E-state index contributed by atoms with van der Waals surface area (Å²) < 4.78 is 12.0. The van der Waals surface area contributed by atoms with E-state index in [2.05, 4.69) is 38.3 Å². The molecule has 1 aromatic heterocycles. The largest absolute Gasteiger partial charge is 0.481 e. The highest BCUT2D eigenvalue weighted by molar-refractivity contribution is 9.10. The van der Waals surface area contributed by atoms with Crippen LogP contribution in [0.3, 0.4) is 0 Å². The number of ether oxygens (including phenoxy) is 1. The van der Waals surface area contributed by atoms with Crippen molar-refractivity contribution in [1.29, 1.82) is 0 Å². The van der Waals surface area contributed by atoms with Crippen molar-refractivity contribution < 1.29 is 9.26 Å². The van der Waals surface area contributed by atoms with Crippen LogP contribution >= 0.6 is 28.3 Å². The molecule has 0 fully saturated rings. The van der Waals surface area contributed by atoms with Gasteiger partial charge in [0, 0.05) is 16.9 Å². The van der Waals surface area contributed by atoms with Crippen molar-refractivity contribution in [3.63, 3.8) is 0 Å². The van der Waals surface area contributed by atoms with E-state index in [1.54, 1.807) is 0 Å². The molecule has 0 saturated heterocycles. The highest BCUT2D eigenvalue weighted by atomic mass is 79.9. The Bertz CT molecular complexity index is 565. The third kappa shape index (κ3) is 5.30. The Morgan fingerprint density at radius 3 is 2.81 bits per heavy atom. The predicted octanol–water partition coefficient (Wildman–Crippen LogP) is 3.54. The Hall–Kier alpha value is -1.11. The van der Waals surface area contributed by atoms with Gasteiger partial charge in [-0.05, 0) is 39.1 Å². The number of aromatic nitrogens is 2. The molecule has 1 heterocycles. The Morgan fingerprint density at radius 2 is 2.14 bits per heavy atom. The molecule has 0 saturated carbocycles. The molecule has 0 bridgehead atoms. The first-order valence-corrected chi connectivity index (χ1v) is 7.29. The average molecular weight is 377 g/mol. The number of nitrogens with one attached hydrogen (secondary N) is 1. The molecule has 2 aromatic rings. The topological polar surface area (TPSA) is 60.2 Å². The molecule has 116 valence electrons. The first kappa shape index (κ1) is 17.9. The second-order valence-electron chi connectivity index (χ2n) is 4.66. The summed E-state index contributed by atoms with van der Waals surface area (Å²) in [5, 5.41) is 7.11. The van der Waals surface area contributed by atoms with Crippen molar-refractivity contribution in [3.05, 3.63) is 40.5 Å². The molecule has 0 aliphatic carbocycles. The maximum Gasteiger partial charge on any atom is 0.267 e. The Morgan fingerprint density at radius 1 is 1.38 bits per heavy atom. The van der Waals surface area contributed by atoms with Gasteiger partial charge in [0.25, 0.3) is 5.89 Å². The Labute approximate surface area is 139 Å². The number of benzene rings is 1. The summed E-state index contributed by atoms with van der Waals surface area (Å²) in [6.07, 6.45) is 0.444. The molecule has 0 amide bonds. The van der Waals surface area contributed by atoms with Crippen molar-refractivity contribution in [1.82, 2.24) is 15.5 Å². The van der Waals surface area contributed by atoms with Crippen molar-refractivity contribution in [2.75, 3.05) is 7.05 Å². The highest BCUT2D eigenvalue weighted by Gasteiger charge is 2.17. The number of likely N-dealkylation sites (N-methyl/N-ethyl adjacent to an activating group) is 1. The molecule has 2 unspecified atom stereocenters. The maximum absolute atomic E-state index is 5.78. The molecular formula is C14H19BrClN3O2. The third-order valence-corrected chi connectivity index (χ3v) is 3.42. The fourth-order valence-corrected chi connectivity index (χ4v) is 2.06. The van der Waals surface area contributed by atoms with Gasteiger partial charge in [-0.3, -0.25) is 0 Å². The molecule has 1 N–H and O–H groups in total. The molecule has 0 spiro atoms. The van der Waals surface area contributed by atoms with E-state index < -0.39 is 0 Å². The van der Waals surface area contributed by atoms with Crippen LogP contribution in [0.1, 0.15) is 31.7 Å². The Kier molecular flexibility index (Phi) is 7.14. The second kappa shape index (κ2) is 8.36. The molecule has 7 heteroatoms. The summed E-state index contributed by atoms with van der Waals surface area (Å²) >= 11 is 3.41. The number of hydrogen-bond donors (Lipinski definition) is 1. The lowest BCUT2D eigenvalue weighted by Crippen LogP contribution is -2.24. The van der Waals surface area contributed by atoms with Crippen molar-refractivity contribution in [2.24, 2.45) is 0 Å². The number of nitrogens with zero attached hydrogens (tertiary/aromatic N) is 2. The fourth-order valence-electron chi connectivity index (χ4n) is 1.69.